The van der Waals surface area contributed by atoms with Gasteiger partial charge in [0, 0.05) is 6.07 Å². The largest absolute Gasteiger partial charge is 0.506 e. The Morgan fingerprint density at radius 2 is 2.07 bits per heavy atom. The van der Waals surface area contributed by atoms with Crippen molar-refractivity contribution in [1.29, 1.82) is 0 Å². The second-order valence-electron chi connectivity index (χ2n) is 2.76. The second kappa shape index (κ2) is 5.20. The fourth-order valence-electron chi connectivity index (χ4n) is 1.27. The number of halogens is 1. The first-order chi connectivity index (χ1) is 7.15. The van der Waals surface area contributed by atoms with Crippen LogP contribution in [0.25, 0.3) is 0 Å². The van der Waals surface area contributed by atoms with Gasteiger partial charge in [0.1, 0.15) is 5.75 Å². The van der Waals surface area contributed by atoms with Crippen LogP contribution in [0.2, 0.25) is 0 Å². The normalized spacial score (nSPS) is 10.1. The van der Waals surface area contributed by atoms with Gasteiger partial charge < -0.3 is 19.8 Å². The molecule has 0 unspecified atom stereocenters. The maximum atomic E-state index is 9.73. The number of aromatic hydroxyl groups is 1. The van der Waals surface area contributed by atoms with Gasteiger partial charge in [0.05, 0.1) is 30.8 Å². The maximum Gasteiger partial charge on any atom is 0.169 e. The van der Waals surface area contributed by atoms with Crippen molar-refractivity contribution in [1.82, 2.24) is 5.48 Å². The minimum Gasteiger partial charge on any atom is -0.506 e. The predicted molar refractivity (Wildman–Crippen MR) is 57.5 cm³/mol. The molecular formula is C9H12BrNO4. The lowest BCUT2D eigenvalue weighted by molar-refractivity contribution is 0.158. The third-order valence-electron chi connectivity index (χ3n) is 1.95. The smallest absolute Gasteiger partial charge is 0.169 e. The number of hydrogen-bond donors (Lipinski definition) is 3. The number of rotatable bonds is 4. The molecule has 0 spiro atoms. The van der Waals surface area contributed by atoms with Crippen molar-refractivity contribution in [2.24, 2.45) is 0 Å². The van der Waals surface area contributed by atoms with Gasteiger partial charge in [-0.1, -0.05) is 0 Å². The molecule has 1 aromatic rings. The van der Waals surface area contributed by atoms with E-state index in [0.29, 0.717) is 21.5 Å². The first-order valence-electron chi connectivity index (χ1n) is 4.15. The molecule has 6 heteroatoms. The van der Waals surface area contributed by atoms with Gasteiger partial charge in [-0.2, -0.15) is 0 Å². The molecule has 84 valence electrons. The quantitative estimate of drug-likeness (QED) is 0.730. The molecule has 1 aromatic carbocycles. The molecule has 0 aromatic heterocycles. The van der Waals surface area contributed by atoms with E-state index in [-0.39, 0.29) is 12.3 Å². The summed E-state index contributed by atoms with van der Waals surface area (Å²) in [5.41, 5.74) is 2.38. The average Bonchev–Trinajstić information content (AvgIpc) is 2.24. The van der Waals surface area contributed by atoms with Crippen LogP contribution >= 0.6 is 15.9 Å². The fraction of sp³-hybridized carbons (Fsp3) is 0.333. The highest BCUT2D eigenvalue weighted by atomic mass is 79.9. The van der Waals surface area contributed by atoms with Crippen molar-refractivity contribution < 1.29 is 19.8 Å². The molecular weight excluding hydrogens is 266 g/mol. The van der Waals surface area contributed by atoms with Crippen LogP contribution in [0.5, 0.6) is 17.2 Å². The number of nitrogens with one attached hydrogen (secondary N) is 1. The standard InChI is InChI=1S/C9H12BrNO4/c1-14-7-3-6(10)8(12)5(4-11-13)9(7)15-2/h3,11-13H,4H2,1-2H3. The Morgan fingerprint density at radius 1 is 1.40 bits per heavy atom. The van der Waals surface area contributed by atoms with Crippen LogP contribution in [0.1, 0.15) is 5.56 Å². The van der Waals surface area contributed by atoms with Gasteiger partial charge in [-0.3, -0.25) is 0 Å². The number of phenols is 1. The Morgan fingerprint density at radius 3 is 2.53 bits per heavy atom. The molecule has 1 rings (SSSR count). The first-order valence-corrected chi connectivity index (χ1v) is 4.94. The van der Waals surface area contributed by atoms with E-state index < -0.39 is 0 Å². The number of phenolic OH excluding ortho intramolecular Hbond substituents is 1. The van der Waals surface area contributed by atoms with E-state index in [0.717, 1.165) is 0 Å². The zero-order chi connectivity index (χ0) is 11.4. The van der Waals surface area contributed by atoms with E-state index in [1.807, 2.05) is 5.48 Å². The van der Waals surface area contributed by atoms with Crippen molar-refractivity contribution in [3.63, 3.8) is 0 Å². The predicted octanol–water partition coefficient (Wildman–Crippen LogP) is 1.65. The lowest BCUT2D eigenvalue weighted by Gasteiger charge is -2.14. The highest BCUT2D eigenvalue weighted by Crippen LogP contribution is 2.41. The summed E-state index contributed by atoms with van der Waals surface area (Å²) in [6, 6.07) is 1.59. The Hall–Kier alpha value is -0.980. The lowest BCUT2D eigenvalue weighted by atomic mass is 10.1. The summed E-state index contributed by atoms with van der Waals surface area (Å²) in [6.07, 6.45) is 0. The number of hydroxylamine groups is 1. The second-order valence-corrected chi connectivity index (χ2v) is 3.61. The van der Waals surface area contributed by atoms with E-state index in [2.05, 4.69) is 15.9 Å². The molecule has 0 aliphatic carbocycles. The van der Waals surface area contributed by atoms with Crippen LogP contribution in [0.3, 0.4) is 0 Å². The van der Waals surface area contributed by atoms with Crippen LogP contribution in [0.4, 0.5) is 0 Å². The van der Waals surface area contributed by atoms with Crippen LogP contribution in [-0.4, -0.2) is 24.5 Å². The van der Waals surface area contributed by atoms with Crippen molar-refractivity contribution in [2.75, 3.05) is 14.2 Å². The van der Waals surface area contributed by atoms with Crippen LogP contribution in [-0.2, 0) is 6.54 Å². The summed E-state index contributed by atoms with van der Waals surface area (Å²) in [7, 11) is 2.96. The third kappa shape index (κ3) is 2.34. The van der Waals surface area contributed by atoms with Crippen molar-refractivity contribution >= 4 is 15.9 Å². The number of methoxy groups -OCH3 is 2. The number of ether oxygens (including phenoxy) is 2. The Labute approximate surface area is 95.7 Å². The van der Waals surface area contributed by atoms with Crippen LogP contribution < -0.4 is 15.0 Å². The van der Waals surface area contributed by atoms with E-state index in [4.69, 9.17) is 14.7 Å². The Balaban J connectivity index is 3.35. The van der Waals surface area contributed by atoms with Crippen molar-refractivity contribution in [3.8, 4) is 17.2 Å². The monoisotopic (exact) mass is 277 g/mol. The average molecular weight is 278 g/mol. The minimum absolute atomic E-state index is 0.00852. The summed E-state index contributed by atoms with van der Waals surface area (Å²) in [6.45, 7) is 0.0603. The van der Waals surface area contributed by atoms with E-state index in [1.54, 1.807) is 6.07 Å². The first kappa shape index (κ1) is 12.1. The third-order valence-corrected chi connectivity index (χ3v) is 2.55. The summed E-state index contributed by atoms with van der Waals surface area (Å²) in [5, 5.41) is 18.4. The molecule has 3 N–H and O–H groups in total. The molecule has 0 saturated carbocycles. The molecule has 15 heavy (non-hydrogen) atoms. The van der Waals surface area contributed by atoms with Gasteiger partial charge in [0.2, 0.25) is 0 Å². The summed E-state index contributed by atoms with van der Waals surface area (Å²) < 4.78 is 10.7. The van der Waals surface area contributed by atoms with E-state index >= 15 is 0 Å². The molecule has 0 heterocycles. The Bertz CT molecular complexity index is 356. The van der Waals surface area contributed by atoms with Crippen LogP contribution in [0.15, 0.2) is 10.5 Å². The van der Waals surface area contributed by atoms with Gasteiger partial charge in [0.25, 0.3) is 0 Å². The molecule has 0 radical (unpaired) electrons. The SMILES string of the molecule is COc1cc(Br)c(O)c(CNO)c1OC. The molecule has 0 aliphatic heterocycles. The summed E-state index contributed by atoms with van der Waals surface area (Å²) >= 11 is 3.18. The van der Waals surface area contributed by atoms with Gasteiger partial charge in [-0.25, -0.2) is 5.48 Å². The molecule has 0 amide bonds. The molecule has 0 fully saturated rings. The molecule has 0 bridgehead atoms. The highest BCUT2D eigenvalue weighted by Gasteiger charge is 2.17. The molecule has 0 saturated heterocycles. The van der Waals surface area contributed by atoms with Gasteiger partial charge >= 0.3 is 0 Å². The van der Waals surface area contributed by atoms with Crippen LogP contribution in [0, 0.1) is 0 Å². The summed E-state index contributed by atoms with van der Waals surface area (Å²) in [4.78, 5) is 0. The topological polar surface area (TPSA) is 71.0 Å². The maximum absolute atomic E-state index is 9.73. The highest BCUT2D eigenvalue weighted by molar-refractivity contribution is 9.10. The van der Waals surface area contributed by atoms with Gasteiger partial charge in [-0.05, 0) is 15.9 Å². The minimum atomic E-state index is 0.00852. The van der Waals surface area contributed by atoms with E-state index in [9.17, 15) is 5.11 Å². The van der Waals surface area contributed by atoms with Crippen molar-refractivity contribution in [3.05, 3.63) is 16.1 Å². The van der Waals surface area contributed by atoms with Crippen molar-refractivity contribution in [2.45, 2.75) is 6.54 Å². The zero-order valence-electron chi connectivity index (χ0n) is 8.37. The Kier molecular flexibility index (Phi) is 4.19. The molecule has 5 nitrogen and oxygen atoms in total. The number of hydrogen-bond acceptors (Lipinski definition) is 5. The molecule has 0 atom stereocenters. The van der Waals surface area contributed by atoms with Gasteiger partial charge in [-0.15, -0.1) is 0 Å². The summed E-state index contributed by atoms with van der Waals surface area (Å²) in [5.74, 6) is 0.876. The lowest BCUT2D eigenvalue weighted by Crippen LogP contribution is -2.08. The zero-order valence-corrected chi connectivity index (χ0v) is 9.96. The number of benzene rings is 1. The fourth-order valence-corrected chi connectivity index (χ4v) is 1.72. The molecule has 0 aliphatic rings. The van der Waals surface area contributed by atoms with Gasteiger partial charge in [0.15, 0.2) is 11.5 Å². The van der Waals surface area contributed by atoms with E-state index in [1.165, 1.54) is 14.2 Å².